The van der Waals surface area contributed by atoms with Gasteiger partial charge in [0.2, 0.25) is 5.78 Å². The molecule has 116 valence electrons. The van der Waals surface area contributed by atoms with Crippen molar-refractivity contribution < 1.29 is 28.5 Å². The highest BCUT2D eigenvalue weighted by Gasteiger charge is 2.76. The lowest BCUT2D eigenvalue weighted by atomic mass is 9.80. The molecule has 0 aromatic heterocycles. The zero-order valence-electron chi connectivity index (χ0n) is 12.2. The van der Waals surface area contributed by atoms with Crippen molar-refractivity contribution in [3.8, 4) is 0 Å². The summed E-state index contributed by atoms with van der Waals surface area (Å²) in [6.07, 6.45) is 0.316. The van der Waals surface area contributed by atoms with Crippen LogP contribution in [0.4, 0.5) is 0 Å². The van der Waals surface area contributed by atoms with Crippen LogP contribution in [0.1, 0.15) is 13.8 Å². The molecule has 0 saturated carbocycles. The van der Waals surface area contributed by atoms with Gasteiger partial charge in [-0.15, -0.1) is 0 Å². The highest BCUT2D eigenvalue weighted by Crippen LogP contribution is 2.58. The van der Waals surface area contributed by atoms with E-state index in [1.54, 1.807) is 6.08 Å². The molecule has 0 bridgehead atoms. The zero-order chi connectivity index (χ0) is 15.6. The minimum Gasteiger partial charge on any atom is -0.458 e. The number of epoxide rings is 1. The average Bonchev–Trinajstić information content (AvgIpc) is 3.18. The van der Waals surface area contributed by atoms with Crippen molar-refractivity contribution in [3.63, 3.8) is 0 Å². The fraction of sp³-hybridized carbons (Fsp3) is 0.714. The fourth-order valence-corrected chi connectivity index (χ4v) is 4.00. The Kier molecular flexibility index (Phi) is 3.33. The largest absolute Gasteiger partial charge is 0.458 e. The van der Waals surface area contributed by atoms with Gasteiger partial charge >= 0.3 is 5.97 Å². The molecule has 3 aliphatic rings. The first kappa shape index (κ1) is 15.1. The molecule has 6 nitrogen and oxygen atoms in total. The first-order valence-electron chi connectivity index (χ1n) is 6.76. The minimum absolute atomic E-state index is 0.0474. The Bertz CT molecular complexity index is 540. The lowest BCUT2D eigenvalue weighted by molar-refractivity contribution is -0.188. The maximum Gasteiger partial charge on any atom is 0.309 e. The predicted molar refractivity (Wildman–Crippen MR) is 74.6 cm³/mol. The topological polar surface area (TPSA) is 74.4 Å². The van der Waals surface area contributed by atoms with E-state index in [-0.39, 0.29) is 23.6 Å². The molecule has 2 fully saturated rings. The zero-order valence-corrected chi connectivity index (χ0v) is 13.8. The Labute approximate surface area is 130 Å². The lowest BCUT2D eigenvalue weighted by Gasteiger charge is -2.32. The highest BCUT2D eigenvalue weighted by atomic mass is 79.9. The van der Waals surface area contributed by atoms with E-state index < -0.39 is 23.6 Å². The first-order chi connectivity index (χ1) is 9.84. The van der Waals surface area contributed by atoms with Crippen LogP contribution in [0, 0.1) is 11.8 Å². The molecular formula is C14H17BrO6. The van der Waals surface area contributed by atoms with E-state index in [1.165, 1.54) is 14.2 Å². The molecule has 0 N–H and O–H groups in total. The molecule has 1 aliphatic carbocycles. The summed E-state index contributed by atoms with van der Waals surface area (Å²) in [5.41, 5.74) is -0.933. The summed E-state index contributed by atoms with van der Waals surface area (Å²) in [5.74, 6) is -2.31. The normalized spacial score (nSPS) is 44.1. The van der Waals surface area contributed by atoms with Gasteiger partial charge in [0.1, 0.15) is 6.10 Å². The molecule has 0 aromatic carbocycles. The van der Waals surface area contributed by atoms with E-state index >= 15 is 0 Å². The van der Waals surface area contributed by atoms with Crippen LogP contribution in [0.25, 0.3) is 0 Å². The van der Waals surface area contributed by atoms with Gasteiger partial charge in [0, 0.05) is 24.6 Å². The Morgan fingerprint density at radius 3 is 2.33 bits per heavy atom. The Hall–Kier alpha value is -0.760. The summed E-state index contributed by atoms with van der Waals surface area (Å²) >= 11 is 3.45. The number of hydrogen-bond donors (Lipinski definition) is 0. The van der Waals surface area contributed by atoms with Crippen LogP contribution in [0.2, 0.25) is 0 Å². The summed E-state index contributed by atoms with van der Waals surface area (Å²) in [6.45, 7) is 3.74. The molecule has 0 spiro atoms. The van der Waals surface area contributed by atoms with Gasteiger partial charge in [0.25, 0.3) is 5.79 Å². The van der Waals surface area contributed by atoms with Gasteiger partial charge in [-0.3, -0.25) is 9.59 Å². The van der Waals surface area contributed by atoms with Gasteiger partial charge in [-0.25, -0.2) is 0 Å². The number of carbonyl (C=O) groups is 2. The number of ketones is 1. The summed E-state index contributed by atoms with van der Waals surface area (Å²) < 4.78 is 22.2. The maximum absolute atomic E-state index is 12.5. The number of hydrogen-bond acceptors (Lipinski definition) is 6. The van der Waals surface area contributed by atoms with Gasteiger partial charge < -0.3 is 18.9 Å². The molecule has 21 heavy (non-hydrogen) atoms. The molecule has 3 rings (SSSR count). The van der Waals surface area contributed by atoms with Gasteiger partial charge in [-0.05, 0) is 6.08 Å². The molecule has 0 amide bonds. The van der Waals surface area contributed by atoms with Crippen LogP contribution >= 0.6 is 15.9 Å². The van der Waals surface area contributed by atoms with Crippen LogP contribution in [0.3, 0.4) is 0 Å². The van der Waals surface area contributed by atoms with Crippen molar-refractivity contribution in [2.45, 2.75) is 37.4 Å². The fourth-order valence-electron chi connectivity index (χ4n) is 3.17. The van der Waals surface area contributed by atoms with Gasteiger partial charge in [-0.1, -0.05) is 29.8 Å². The number of carbonyl (C=O) groups excluding carboxylic acids is 2. The maximum atomic E-state index is 12.5. The van der Waals surface area contributed by atoms with Crippen molar-refractivity contribution >= 4 is 27.7 Å². The van der Waals surface area contributed by atoms with E-state index in [0.717, 1.165) is 0 Å². The second kappa shape index (κ2) is 4.62. The SMILES string of the molecule is COC1(OC)C=C(Br)[C@@]2([C@H]3OC(=O)[C@@H](C)[C@H]3C)O[C@H]2C1=O. The third-order valence-corrected chi connectivity index (χ3v) is 5.68. The Balaban J connectivity index is 2.00. The summed E-state index contributed by atoms with van der Waals surface area (Å²) in [6, 6.07) is 0. The second-order valence-electron chi connectivity index (χ2n) is 5.73. The second-order valence-corrected chi connectivity index (χ2v) is 6.58. The van der Waals surface area contributed by atoms with Crippen LogP contribution in [-0.2, 0) is 28.5 Å². The van der Waals surface area contributed by atoms with Gasteiger partial charge in [0.05, 0.1) is 5.92 Å². The third-order valence-electron chi connectivity index (χ3n) is 4.83. The van der Waals surface area contributed by atoms with Crippen molar-refractivity contribution in [1.82, 2.24) is 0 Å². The molecule has 2 saturated heterocycles. The van der Waals surface area contributed by atoms with E-state index in [1.807, 2.05) is 13.8 Å². The number of rotatable bonds is 3. The van der Waals surface area contributed by atoms with E-state index in [4.69, 9.17) is 18.9 Å². The van der Waals surface area contributed by atoms with Crippen molar-refractivity contribution in [2.75, 3.05) is 14.2 Å². The van der Waals surface area contributed by atoms with E-state index in [0.29, 0.717) is 4.48 Å². The van der Waals surface area contributed by atoms with Crippen molar-refractivity contribution in [1.29, 1.82) is 0 Å². The quantitative estimate of drug-likeness (QED) is 0.427. The first-order valence-corrected chi connectivity index (χ1v) is 7.55. The van der Waals surface area contributed by atoms with Crippen LogP contribution < -0.4 is 0 Å². The summed E-state index contributed by atoms with van der Waals surface area (Å²) in [7, 11) is 2.79. The van der Waals surface area contributed by atoms with Crippen molar-refractivity contribution in [2.24, 2.45) is 11.8 Å². The lowest BCUT2D eigenvalue weighted by Crippen LogP contribution is -2.52. The average molecular weight is 361 g/mol. The molecule has 0 unspecified atom stereocenters. The van der Waals surface area contributed by atoms with E-state index in [9.17, 15) is 9.59 Å². The number of ether oxygens (including phenoxy) is 4. The van der Waals surface area contributed by atoms with E-state index in [2.05, 4.69) is 15.9 Å². The molecule has 7 heteroatoms. The van der Waals surface area contributed by atoms with Crippen molar-refractivity contribution in [3.05, 3.63) is 10.6 Å². The Morgan fingerprint density at radius 1 is 1.24 bits per heavy atom. The molecule has 2 heterocycles. The number of esters is 1. The number of methoxy groups -OCH3 is 2. The Morgan fingerprint density at radius 2 is 1.86 bits per heavy atom. The number of Topliss-reactive ketones (excluding diaryl/α,β-unsaturated/α-hetero) is 1. The predicted octanol–water partition coefficient (Wildman–Crippen LogP) is 1.17. The highest BCUT2D eigenvalue weighted by molar-refractivity contribution is 9.11. The summed E-state index contributed by atoms with van der Waals surface area (Å²) in [5, 5.41) is 0. The number of fused-ring (bicyclic) bond motifs is 1. The smallest absolute Gasteiger partial charge is 0.309 e. The number of halogens is 1. The molecule has 0 radical (unpaired) electrons. The molecule has 0 aromatic rings. The van der Waals surface area contributed by atoms with Crippen LogP contribution in [0.5, 0.6) is 0 Å². The monoisotopic (exact) mass is 360 g/mol. The standard InChI is InChI=1S/C14H17BrO6/c1-6-7(2)12(17)20-10(6)14-8(15)5-13(18-3,19-4)9(16)11(14)21-14/h5-7,10-11H,1-4H3/t6-,7+,10+,11+,14+/m1/s1. The third kappa shape index (κ3) is 1.75. The van der Waals surface area contributed by atoms with Crippen LogP contribution in [0.15, 0.2) is 10.6 Å². The minimum atomic E-state index is -1.46. The molecular weight excluding hydrogens is 344 g/mol. The van der Waals surface area contributed by atoms with Gasteiger partial charge in [0.15, 0.2) is 11.7 Å². The molecule has 5 atom stereocenters. The summed E-state index contributed by atoms with van der Waals surface area (Å²) in [4.78, 5) is 24.3. The van der Waals surface area contributed by atoms with Gasteiger partial charge in [-0.2, -0.15) is 0 Å². The molecule has 2 aliphatic heterocycles. The van der Waals surface area contributed by atoms with Crippen LogP contribution in [-0.4, -0.2) is 49.6 Å². The number of cyclic esters (lactones) is 1.